The van der Waals surface area contributed by atoms with Crippen molar-refractivity contribution in [2.45, 2.75) is 6.92 Å². The predicted octanol–water partition coefficient (Wildman–Crippen LogP) is 2.81. The molecule has 27 heavy (non-hydrogen) atoms. The van der Waals surface area contributed by atoms with Gasteiger partial charge in [0.1, 0.15) is 22.9 Å². The number of aryl methyl sites for hydroxylation is 1. The summed E-state index contributed by atoms with van der Waals surface area (Å²) in [7, 11) is 3.05. The Morgan fingerprint density at radius 1 is 1.11 bits per heavy atom. The van der Waals surface area contributed by atoms with E-state index in [1.165, 1.54) is 25.0 Å². The lowest BCUT2D eigenvalue weighted by Gasteiger charge is -2.13. The molecule has 138 valence electrons. The predicted molar refractivity (Wildman–Crippen MR) is 102 cm³/mol. The number of carbonyl (C=O) groups is 1. The number of hydrogen-bond donors (Lipinski definition) is 1. The van der Waals surface area contributed by atoms with Crippen LogP contribution in [0.5, 0.6) is 11.5 Å². The second kappa shape index (κ2) is 7.74. The third-order valence-electron chi connectivity index (χ3n) is 4.08. The molecule has 0 unspecified atom stereocenters. The van der Waals surface area contributed by atoms with Crippen molar-refractivity contribution in [1.29, 1.82) is 0 Å². The molecule has 1 amide bonds. The van der Waals surface area contributed by atoms with Crippen LogP contribution in [0.2, 0.25) is 0 Å². The molecule has 2 aromatic heterocycles. The average Bonchev–Trinajstić information content (AvgIpc) is 2.68. The first-order valence-electron chi connectivity index (χ1n) is 8.22. The molecule has 0 aliphatic carbocycles. The van der Waals surface area contributed by atoms with Crippen LogP contribution < -0.4 is 20.3 Å². The number of para-hydroxylation sites is 2. The van der Waals surface area contributed by atoms with Crippen LogP contribution in [-0.2, 0) is 0 Å². The van der Waals surface area contributed by atoms with E-state index < -0.39 is 11.5 Å². The van der Waals surface area contributed by atoms with Crippen molar-refractivity contribution in [2.24, 2.45) is 0 Å². The highest BCUT2D eigenvalue weighted by Crippen LogP contribution is 2.21. The molecule has 1 aromatic carbocycles. The van der Waals surface area contributed by atoms with Gasteiger partial charge in [-0.2, -0.15) is 0 Å². The Kier molecular flexibility index (Phi) is 5.21. The molecule has 0 fully saturated rings. The highest BCUT2D eigenvalue weighted by Gasteiger charge is 2.18. The van der Waals surface area contributed by atoms with Crippen LogP contribution in [0.15, 0.2) is 59.7 Å². The molecule has 0 saturated heterocycles. The number of nitrogens with zero attached hydrogens (tertiary/aromatic N) is 2. The molecule has 0 bridgehead atoms. The largest absolute Gasteiger partial charge is 0.497 e. The molecular formula is C20H19N3O4. The van der Waals surface area contributed by atoms with Gasteiger partial charge in [0.05, 0.1) is 19.9 Å². The van der Waals surface area contributed by atoms with Crippen molar-refractivity contribution < 1.29 is 14.3 Å². The van der Waals surface area contributed by atoms with E-state index in [0.29, 0.717) is 28.6 Å². The third-order valence-corrected chi connectivity index (χ3v) is 4.08. The summed E-state index contributed by atoms with van der Waals surface area (Å²) in [4.78, 5) is 29.9. The van der Waals surface area contributed by atoms with Crippen LogP contribution in [0, 0.1) is 6.92 Å². The molecule has 0 aliphatic heterocycles. The lowest BCUT2D eigenvalue weighted by molar-refractivity contribution is 0.102. The van der Waals surface area contributed by atoms with Gasteiger partial charge < -0.3 is 14.8 Å². The van der Waals surface area contributed by atoms with Gasteiger partial charge in [0, 0.05) is 18.5 Å². The Bertz CT molecular complexity index is 1040. The number of aromatic nitrogens is 2. The van der Waals surface area contributed by atoms with Crippen molar-refractivity contribution in [3.8, 4) is 17.2 Å². The summed E-state index contributed by atoms with van der Waals surface area (Å²) in [6, 6.07) is 12.1. The second-order valence-corrected chi connectivity index (χ2v) is 5.76. The quantitative estimate of drug-likeness (QED) is 0.752. The molecular weight excluding hydrogens is 346 g/mol. The zero-order chi connectivity index (χ0) is 19.4. The zero-order valence-corrected chi connectivity index (χ0v) is 15.2. The molecule has 0 radical (unpaired) electrons. The van der Waals surface area contributed by atoms with Gasteiger partial charge in [-0.3, -0.25) is 14.2 Å². The standard InChI is InChI=1S/C20H19N3O4/c1-13-9-11-23(15-6-4-5-7-16(15)27-3)20(25)18(13)19(24)22-17-12-14(26-2)8-10-21-17/h4-12H,1-3H3,(H,21,22,24). The van der Waals surface area contributed by atoms with Gasteiger partial charge in [-0.15, -0.1) is 0 Å². The Morgan fingerprint density at radius 3 is 2.63 bits per heavy atom. The summed E-state index contributed by atoms with van der Waals surface area (Å²) in [5, 5.41) is 2.65. The zero-order valence-electron chi connectivity index (χ0n) is 15.2. The molecule has 3 rings (SSSR count). The minimum Gasteiger partial charge on any atom is -0.497 e. The van der Waals surface area contributed by atoms with E-state index in [0.717, 1.165) is 0 Å². The highest BCUT2D eigenvalue weighted by atomic mass is 16.5. The molecule has 0 atom stereocenters. The van der Waals surface area contributed by atoms with Crippen LogP contribution in [0.3, 0.4) is 0 Å². The van der Waals surface area contributed by atoms with Crippen molar-refractivity contribution in [1.82, 2.24) is 9.55 Å². The number of hydrogen-bond acceptors (Lipinski definition) is 5. The fourth-order valence-electron chi connectivity index (χ4n) is 2.71. The van der Waals surface area contributed by atoms with Crippen LogP contribution in [0.25, 0.3) is 5.69 Å². The van der Waals surface area contributed by atoms with Gasteiger partial charge >= 0.3 is 0 Å². The summed E-state index contributed by atoms with van der Waals surface area (Å²) >= 11 is 0. The SMILES string of the molecule is COc1ccnc(NC(=O)c2c(C)ccn(-c3ccccc3OC)c2=O)c1. The first-order valence-corrected chi connectivity index (χ1v) is 8.22. The maximum absolute atomic E-state index is 13.0. The van der Waals surface area contributed by atoms with Gasteiger partial charge in [-0.05, 0) is 36.8 Å². The molecule has 1 N–H and O–H groups in total. The number of benzene rings is 1. The molecule has 0 saturated carbocycles. The van der Waals surface area contributed by atoms with Crippen LogP contribution in [0.1, 0.15) is 15.9 Å². The number of anilines is 1. The first-order chi connectivity index (χ1) is 13.0. The summed E-state index contributed by atoms with van der Waals surface area (Å²) in [5.74, 6) is 0.842. The summed E-state index contributed by atoms with van der Waals surface area (Å²) in [5.41, 5.74) is 0.707. The topological polar surface area (TPSA) is 82.4 Å². The van der Waals surface area contributed by atoms with E-state index in [1.54, 1.807) is 49.5 Å². The number of rotatable bonds is 5. The van der Waals surface area contributed by atoms with Gasteiger partial charge in [-0.1, -0.05) is 12.1 Å². The number of pyridine rings is 2. The number of methoxy groups -OCH3 is 2. The first kappa shape index (κ1) is 18.2. The Morgan fingerprint density at radius 2 is 1.89 bits per heavy atom. The third kappa shape index (κ3) is 3.67. The number of amides is 1. The van der Waals surface area contributed by atoms with Crippen molar-refractivity contribution in [3.63, 3.8) is 0 Å². The minimum absolute atomic E-state index is 0.0352. The second-order valence-electron chi connectivity index (χ2n) is 5.76. The van der Waals surface area contributed by atoms with Gasteiger partial charge in [0.2, 0.25) is 0 Å². The molecule has 7 nitrogen and oxygen atoms in total. The minimum atomic E-state index is -0.539. The molecule has 2 heterocycles. The normalized spacial score (nSPS) is 10.3. The number of nitrogens with one attached hydrogen (secondary N) is 1. The van der Waals surface area contributed by atoms with Crippen LogP contribution in [-0.4, -0.2) is 29.7 Å². The molecule has 0 aliphatic rings. The smallest absolute Gasteiger partial charge is 0.268 e. The van der Waals surface area contributed by atoms with E-state index in [9.17, 15) is 9.59 Å². The lowest BCUT2D eigenvalue weighted by Crippen LogP contribution is -2.29. The molecule has 7 heteroatoms. The van der Waals surface area contributed by atoms with Crippen molar-refractivity contribution >= 4 is 11.7 Å². The van der Waals surface area contributed by atoms with Crippen LogP contribution in [0.4, 0.5) is 5.82 Å². The van der Waals surface area contributed by atoms with Gasteiger partial charge in [0.25, 0.3) is 11.5 Å². The number of ether oxygens (including phenoxy) is 2. The molecule has 0 spiro atoms. The Balaban J connectivity index is 2.03. The number of carbonyl (C=O) groups excluding carboxylic acids is 1. The van der Waals surface area contributed by atoms with E-state index >= 15 is 0 Å². The van der Waals surface area contributed by atoms with Gasteiger partial charge in [0.15, 0.2) is 0 Å². The average molecular weight is 365 g/mol. The van der Waals surface area contributed by atoms with E-state index in [1.807, 2.05) is 6.07 Å². The van der Waals surface area contributed by atoms with Crippen molar-refractivity contribution in [2.75, 3.05) is 19.5 Å². The van der Waals surface area contributed by atoms with E-state index in [-0.39, 0.29) is 5.56 Å². The fraction of sp³-hybridized carbons (Fsp3) is 0.150. The van der Waals surface area contributed by atoms with Gasteiger partial charge in [-0.25, -0.2) is 4.98 Å². The monoisotopic (exact) mass is 365 g/mol. The highest BCUT2D eigenvalue weighted by molar-refractivity contribution is 6.04. The Hall–Kier alpha value is -3.61. The maximum Gasteiger partial charge on any atom is 0.268 e. The van der Waals surface area contributed by atoms with Crippen LogP contribution >= 0.6 is 0 Å². The summed E-state index contributed by atoms with van der Waals surface area (Å²) in [6.45, 7) is 1.71. The maximum atomic E-state index is 13.0. The van der Waals surface area contributed by atoms with Crippen molar-refractivity contribution in [3.05, 3.63) is 76.3 Å². The van der Waals surface area contributed by atoms with E-state index in [4.69, 9.17) is 9.47 Å². The fourth-order valence-corrected chi connectivity index (χ4v) is 2.71. The van der Waals surface area contributed by atoms with E-state index in [2.05, 4.69) is 10.3 Å². The summed E-state index contributed by atoms with van der Waals surface area (Å²) < 4.78 is 11.8. The summed E-state index contributed by atoms with van der Waals surface area (Å²) in [6.07, 6.45) is 3.13. The Labute approximate surface area is 156 Å². The lowest BCUT2D eigenvalue weighted by atomic mass is 10.1. The molecule has 3 aromatic rings.